The fourth-order valence-electron chi connectivity index (χ4n) is 3.41. The van der Waals surface area contributed by atoms with E-state index in [2.05, 4.69) is 24.1 Å². The van der Waals surface area contributed by atoms with Crippen molar-refractivity contribution in [2.24, 2.45) is 0 Å². The lowest BCUT2D eigenvalue weighted by atomic mass is 9.93. The number of hydrogen-bond acceptors (Lipinski definition) is 4. The molecule has 1 unspecified atom stereocenters. The number of rotatable bonds is 7. The fourth-order valence-corrected chi connectivity index (χ4v) is 3.41. The highest BCUT2D eigenvalue weighted by molar-refractivity contribution is 5.80. The van der Waals surface area contributed by atoms with Crippen molar-refractivity contribution in [2.75, 3.05) is 20.2 Å². The van der Waals surface area contributed by atoms with Gasteiger partial charge in [0.2, 0.25) is 0 Å². The van der Waals surface area contributed by atoms with Gasteiger partial charge in [-0.1, -0.05) is 13.3 Å². The number of nitrogens with one attached hydrogen (secondary N) is 1. The molecule has 0 saturated carbocycles. The Balaban J connectivity index is 2.49. The van der Waals surface area contributed by atoms with Crippen molar-refractivity contribution < 1.29 is 9.53 Å². The molecule has 20 heavy (non-hydrogen) atoms. The van der Waals surface area contributed by atoms with E-state index >= 15 is 0 Å². The predicted molar refractivity (Wildman–Crippen MR) is 82.8 cm³/mol. The van der Waals surface area contributed by atoms with Crippen LogP contribution in [0.25, 0.3) is 0 Å². The average Bonchev–Trinajstić information content (AvgIpc) is 2.41. The molecule has 4 heteroatoms. The molecule has 1 aliphatic heterocycles. The maximum Gasteiger partial charge on any atom is 0.325 e. The summed E-state index contributed by atoms with van der Waals surface area (Å²) in [6.45, 7) is 10.5. The summed E-state index contributed by atoms with van der Waals surface area (Å²) in [6, 6.07) is 1.34. The number of hydrogen-bond donors (Lipinski definition) is 1. The molecule has 1 aliphatic rings. The van der Waals surface area contributed by atoms with Crippen molar-refractivity contribution in [1.29, 1.82) is 0 Å². The third kappa shape index (κ3) is 4.45. The number of ether oxygens (including phenoxy) is 1. The summed E-state index contributed by atoms with van der Waals surface area (Å²) in [5.41, 5.74) is -0.550. The van der Waals surface area contributed by atoms with Crippen LogP contribution in [-0.2, 0) is 9.53 Å². The zero-order chi connectivity index (χ0) is 15.2. The fraction of sp³-hybridized carbons (Fsp3) is 0.938. The minimum atomic E-state index is -0.550. The van der Waals surface area contributed by atoms with Gasteiger partial charge in [0, 0.05) is 12.1 Å². The average molecular weight is 284 g/mol. The zero-order valence-electron chi connectivity index (χ0n) is 13.9. The van der Waals surface area contributed by atoms with Crippen molar-refractivity contribution in [3.05, 3.63) is 0 Å². The Kier molecular flexibility index (Phi) is 6.96. The van der Waals surface area contributed by atoms with Gasteiger partial charge in [-0.05, 0) is 59.5 Å². The van der Waals surface area contributed by atoms with Crippen molar-refractivity contribution >= 4 is 5.97 Å². The Morgan fingerprint density at radius 1 is 1.35 bits per heavy atom. The number of nitrogens with zero attached hydrogens (tertiary/aromatic N) is 1. The third-order valence-electron chi connectivity index (χ3n) is 4.67. The van der Waals surface area contributed by atoms with E-state index in [1.165, 1.54) is 26.4 Å². The molecule has 1 heterocycles. The van der Waals surface area contributed by atoms with E-state index in [0.29, 0.717) is 12.1 Å². The Labute approximate surface area is 124 Å². The van der Waals surface area contributed by atoms with Gasteiger partial charge in [-0.3, -0.25) is 9.69 Å². The summed E-state index contributed by atoms with van der Waals surface area (Å²) in [5, 5.41) is 3.28. The molecule has 0 aromatic rings. The first-order valence-corrected chi connectivity index (χ1v) is 8.03. The molecule has 118 valence electrons. The van der Waals surface area contributed by atoms with Crippen molar-refractivity contribution in [2.45, 2.75) is 77.4 Å². The molecule has 0 aliphatic carbocycles. The van der Waals surface area contributed by atoms with Crippen molar-refractivity contribution in [3.63, 3.8) is 0 Å². The molecular weight excluding hydrogens is 252 g/mol. The van der Waals surface area contributed by atoms with Crippen LogP contribution in [0.3, 0.4) is 0 Å². The van der Waals surface area contributed by atoms with Gasteiger partial charge in [-0.15, -0.1) is 0 Å². The predicted octanol–water partition coefficient (Wildman–Crippen LogP) is 2.57. The van der Waals surface area contributed by atoms with E-state index in [1.54, 1.807) is 0 Å². The Morgan fingerprint density at radius 3 is 2.45 bits per heavy atom. The van der Waals surface area contributed by atoms with E-state index in [-0.39, 0.29) is 5.97 Å². The van der Waals surface area contributed by atoms with Gasteiger partial charge in [0.25, 0.3) is 0 Å². The number of methoxy groups -OCH3 is 1. The quantitative estimate of drug-likeness (QED) is 0.730. The van der Waals surface area contributed by atoms with Crippen molar-refractivity contribution in [3.8, 4) is 0 Å². The van der Waals surface area contributed by atoms with E-state index in [4.69, 9.17) is 4.74 Å². The van der Waals surface area contributed by atoms with Crippen LogP contribution in [0.5, 0.6) is 0 Å². The second-order valence-corrected chi connectivity index (χ2v) is 6.32. The van der Waals surface area contributed by atoms with E-state index in [9.17, 15) is 4.79 Å². The summed E-state index contributed by atoms with van der Waals surface area (Å²) >= 11 is 0. The van der Waals surface area contributed by atoms with Gasteiger partial charge < -0.3 is 10.1 Å². The van der Waals surface area contributed by atoms with Crippen LogP contribution in [0.1, 0.15) is 59.8 Å². The lowest BCUT2D eigenvalue weighted by Crippen LogP contribution is -2.51. The van der Waals surface area contributed by atoms with Gasteiger partial charge in [-0.25, -0.2) is 0 Å². The molecule has 4 nitrogen and oxygen atoms in total. The summed E-state index contributed by atoms with van der Waals surface area (Å²) in [5.74, 6) is -0.154. The molecule has 0 aromatic heterocycles. The zero-order valence-corrected chi connectivity index (χ0v) is 13.9. The molecule has 3 atom stereocenters. The molecule has 0 aromatic carbocycles. The topological polar surface area (TPSA) is 41.6 Å². The minimum absolute atomic E-state index is 0.154. The maximum absolute atomic E-state index is 11.9. The summed E-state index contributed by atoms with van der Waals surface area (Å²) in [7, 11) is 1.46. The second kappa shape index (κ2) is 7.99. The highest BCUT2D eigenvalue weighted by Gasteiger charge is 2.33. The highest BCUT2D eigenvalue weighted by atomic mass is 16.5. The number of likely N-dealkylation sites (N-methyl/N-ethyl adjacent to an activating group) is 1. The summed E-state index contributed by atoms with van der Waals surface area (Å²) in [6.07, 6.45) is 5.78. The number of esters is 1. The SMILES string of the molecule is CCNC(C)(CCCN1[C@H](C)CCC[C@@H]1C)C(=O)OC. The van der Waals surface area contributed by atoms with Crippen LogP contribution in [-0.4, -0.2) is 48.7 Å². The molecule has 0 radical (unpaired) electrons. The molecule has 0 amide bonds. The van der Waals surface area contributed by atoms with Crippen LogP contribution in [0.15, 0.2) is 0 Å². The van der Waals surface area contributed by atoms with Crippen LogP contribution < -0.4 is 5.32 Å². The number of carbonyl (C=O) groups excluding carboxylic acids is 1. The largest absolute Gasteiger partial charge is 0.468 e. The van der Waals surface area contributed by atoms with Gasteiger partial charge >= 0.3 is 5.97 Å². The van der Waals surface area contributed by atoms with Crippen LogP contribution in [0.2, 0.25) is 0 Å². The summed E-state index contributed by atoms with van der Waals surface area (Å²) < 4.78 is 4.94. The Morgan fingerprint density at radius 2 is 1.95 bits per heavy atom. The Hall–Kier alpha value is -0.610. The van der Waals surface area contributed by atoms with E-state index in [1.807, 2.05) is 13.8 Å². The summed E-state index contributed by atoms with van der Waals surface area (Å²) in [4.78, 5) is 14.5. The molecule has 0 spiro atoms. The lowest BCUT2D eigenvalue weighted by molar-refractivity contribution is -0.148. The Bertz CT molecular complexity index is 299. The van der Waals surface area contributed by atoms with Gasteiger partial charge in [0.05, 0.1) is 7.11 Å². The van der Waals surface area contributed by atoms with Crippen LogP contribution in [0, 0.1) is 0 Å². The van der Waals surface area contributed by atoms with E-state index in [0.717, 1.165) is 25.9 Å². The van der Waals surface area contributed by atoms with Gasteiger partial charge in [0.1, 0.15) is 5.54 Å². The molecule has 1 N–H and O–H groups in total. The van der Waals surface area contributed by atoms with Crippen LogP contribution in [0.4, 0.5) is 0 Å². The molecule has 0 bridgehead atoms. The second-order valence-electron chi connectivity index (χ2n) is 6.32. The van der Waals surface area contributed by atoms with Crippen molar-refractivity contribution in [1.82, 2.24) is 10.2 Å². The first-order chi connectivity index (χ1) is 9.44. The smallest absolute Gasteiger partial charge is 0.325 e. The molecule has 1 saturated heterocycles. The first-order valence-electron chi connectivity index (χ1n) is 8.03. The number of likely N-dealkylation sites (tertiary alicyclic amines) is 1. The van der Waals surface area contributed by atoms with Crippen LogP contribution >= 0.6 is 0 Å². The standard InChI is InChI=1S/C16H32N2O2/c1-6-17-16(4,15(19)20-5)11-8-12-18-13(2)9-7-10-14(18)3/h13-14,17H,6-12H2,1-5H3/t13-,14+,16?. The lowest BCUT2D eigenvalue weighted by Gasteiger charge is -2.39. The van der Waals surface area contributed by atoms with Gasteiger partial charge in [-0.2, -0.15) is 0 Å². The third-order valence-corrected chi connectivity index (χ3v) is 4.67. The van der Waals surface area contributed by atoms with Gasteiger partial charge in [0.15, 0.2) is 0 Å². The number of carbonyl (C=O) groups is 1. The highest BCUT2D eigenvalue weighted by Crippen LogP contribution is 2.24. The first kappa shape index (κ1) is 17.4. The molecule has 1 rings (SSSR count). The molecule has 1 fully saturated rings. The molecular formula is C16H32N2O2. The number of piperidine rings is 1. The monoisotopic (exact) mass is 284 g/mol. The maximum atomic E-state index is 11.9. The minimum Gasteiger partial charge on any atom is -0.468 e. The normalized spacial score (nSPS) is 27.1. The van der Waals surface area contributed by atoms with E-state index < -0.39 is 5.54 Å².